The molecule has 7 heteroatoms. The molecule has 1 aliphatic carbocycles. The second-order valence-corrected chi connectivity index (χ2v) is 10.0. The lowest BCUT2D eigenvalue weighted by Gasteiger charge is -2.33. The quantitative estimate of drug-likeness (QED) is 0.612. The average molecular weight is 438 g/mol. The summed E-state index contributed by atoms with van der Waals surface area (Å²) in [5.41, 5.74) is 2.79. The van der Waals surface area contributed by atoms with Crippen molar-refractivity contribution >= 4 is 33.1 Å². The number of phenolic OH excluding ortho intramolecular Hbond substituents is 1. The van der Waals surface area contributed by atoms with Gasteiger partial charge in [-0.05, 0) is 69.0 Å². The van der Waals surface area contributed by atoms with Gasteiger partial charge in [-0.2, -0.15) is 0 Å². The Morgan fingerprint density at radius 1 is 1.32 bits per heavy atom. The van der Waals surface area contributed by atoms with Crippen LogP contribution in [0.15, 0.2) is 36.4 Å². The highest BCUT2D eigenvalue weighted by atomic mass is 32.1. The Morgan fingerprint density at radius 3 is 2.90 bits per heavy atom. The Bertz CT molecular complexity index is 1130. The van der Waals surface area contributed by atoms with Crippen LogP contribution in [0.1, 0.15) is 29.8 Å². The number of carbonyl (C=O) groups excluding carboxylic acids is 1. The van der Waals surface area contributed by atoms with Crippen LogP contribution in [0.4, 0.5) is 5.69 Å². The van der Waals surface area contributed by atoms with E-state index in [1.165, 1.54) is 0 Å². The van der Waals surface area contributed by atoms with Gasteiger partial charge in [-0.1, -0.05) is 12.1 Å². The zero-order chi connectivity index (χ0) is 21.6. The number of hydrogen-bond donors (Lipinski definition) is 2. The summed E-state index contributed by atoms with van der Waals surface area (Å²) >= 11 is 1.67. The molecule has 1 aromatic heterocycles. The highest BCUT2D eigenvalue weighted by Crippen LogP contribution is 2.59. The fourth-order valence-corrected chi connectivity index (χ4v) is 5.69. The van der Waals surface area contributed by atoms with E-state index in [9.17, 15) is 9.90 Å². The molecule has 0 unspecified atom stereocenters. The predicted molar refractivity (Wildman–Crippen MR) is 123 cm³/mol. The summed E-state index contributed by atoms with van der Waals surface area (Å²) < 4.78 is 6.36. The van der Waals surface area contributed by atoms with Crippen molar-refractivity contribution < 1.29 is 14.6 Å². The number of nitrogens with zero attached hydrogens (tertiary/aromatic N) is 2. The van der Waals surface area contributed by atoms with Crippen LogP contribution in [-0.2, 0) is 11.3 Å². The molecule has 5 rings (SSSR count). The number of aromatic nitrogens is 1. The Morgan fingerprint density at radius 2 is 2.13 bits per heavy atom. The number of benzene rings is 2. The lowest BCUT2D eigenvalue weighted by molar-refractivity contribution is -0.118. The molecule has 1 amide bonds. The van der Waals surface area contributed by atoms with E-state index in [1.807, 2.05) is 37.3 Å². The second kappa shape index (κ2) is 7.80. The molecular weight excluding hydrogens is 410 g/mol. The summed E-state index contributed by atoms with van der Waals surface area (Å²) in [6.45, 7) is 4.57. The minimum atomic E-state index is 0.0905. The van der Waals surface area contributed by atoms with Gasteiger partial charge in [-0.25, -0.2) is 4.98 Å². The molecule has 2 aliphatic rings. The summed E-state index contributed by atoms with van der Waals surface area (Å²) in [5, 5.41) is 14.5. The van der Waals surface area contributed by atoms with Gasteiger partial charge in [0, 0.05) is 23.7 Å². The van der Waals surface area contributed by atoms with E-state index in [1.54, 1.807) is 24.5 Å². The number of thiazole rings is 1. The van der Waals surface area contributed by atoms with E-state index in [0.717, 1.165) is 58.8 Å². The fourth-order valence-electron chi connectivity index (χ4n) is 4.88. The van der Waals surface area contributed by atoms with Gasteiger partial charge in [0.2, 0.25) is 5.91 Å². The Kier molecular flexibility index (Phi) is 5.10. The van der Waals surface area contributed by atoms with Crippen molar-refractivity contribution in [3.8, 4) is 11.5 Å². The first-order valence-corrected chi connectivity index (χ1v) is 11.5. The number of anilines is 1. The molecule has 1 aliphatic heterocycles. The summed E-state index contributed by atoms with van der Waals surface area (Å²) in [4.78, 5) is 19.8. The van der Waals surface area contributed by atoms with Gasteiger partial charge >= 0.3 is 0 Å². The first kappa shape index (κ1) is 20.3. The van der Waals surface area contributed by atoms with Gasteiger partial charge in [0.25, 0.3) is 0 Å². The van der Waals surface area contributed by atoms with Crippen LogP contribution in [0.5, 0.6) is 11.5 Å². The summed E-state index contributed by atoms with van der Waals surface area (Å²) in [6, 6.07) is 11.6. The molecule has 31 heavy (non-hydrogen) atoms. The van der Waals surface area contributed by atoms with Crippen LogP contribution in [-0.4, -0.2) is 41.1 Å². The fraction of sp³-hybridized carbons (Fsp3) is 0.417. The molecule has 2 heterocycles. The number of phenols is 1. The summed E-state index contributed by atoms with van der Waals surface area (Å²) in [6.07, 6.45) is 3.00. The van der Waals surface area contributed by atoms with Crippen LogP contribution < -0.4 is 10.1 Å². The zero-order valence-corrected chi connectivity index (χ0v) is 18.7. The number of hydrogen-bond acceptors (Lipinski definition) is 6. The van der Waals surface area contributed by atoms with Crippen molar-refractivity contribution in [2.24, 2.45) is 11.3 Å². The maximum absolute atomic E-state index is 12.9. The molecule has 3 aromatic rings. The highest BCUT2D eigenvalue weighted by Gasteiger charge is 2.58. The van der Waals surface area contributed by atoms with E-state index in [-0.39, 0.29) is 23.0 Å². The number of methoxy groups -OCH3 is 1. The van der Waals surface area contributed by atoms with E-state index >= 15 is 0 Å². The van der Waals surface area contributed by atoms with Crippen LogP contribution in [0.2, 0.25) is 0 Å². The maximum Gasteiger partial charge on any atom is 0.228 e. The molecular formula is C24H27N3O3S. The normalized spacial score (nSPS) is 20.1. The van der Waals surface area contributed by atoms with Gasteiger partial charge in [-0.15, -0.1) is 11.3 Å². The van der Waals surface area contributed by atoms with Gasteiger partial charge in [0.05, 0.1) is 22.3 Å². The van der Waals surface area contributed by atoms with Gasteiger partial charge in [-0.3, -0.25) is 9.69 Å². The first-order valence-electron chi connectivity index (χ1n) is 10.7. The molecule has 6 nitrogen and oxygen atoms in total. The zero-order valence-electron chi connectivity index (χ0n) is 17.9. The molecule has 1 spiro atoms. The van der Waals surface area contributed by atoms with Crippen molar-refractivity contribution in [3.05, 3.63) is 47.0 Å². The molecule has 2 aromatic carbocycles. The maximum atomic E-state index is 12.9. The standard InChI is InChI=1S/C24H27N3O3S/c1-15-25-19-12-17(6-7-21(19)31-15)26-23(29)18-13-24(18)8-10-27(11-9-24)14-16-4-3-5-20(30-2)22(16)28/h3-7,12,18,28H,8-11,13-14H2,1-2H3,(H,26,29)/t18-/m0/s1. The van der Waals surface area contributed by atoms with Crippen LogP contribution >= 0.6 is 11.3 Å². The van der Waals surface area contributed by atoms with Crippen molar-refractivity contribution in [3.63, 3.8) is 0 Å². The van der Waals surface area contributed by atoms with E-state index in [4.69, 9.17) is 4.74 Å². The minimum Gasteiger partial charge on any atom is -0.504 e. The number of fused-ring (bicyclic) bond motifs is 1. The Labute approximate surface area is 185 Å². The smallest absolute Gasteiger partial charge is 0.228 e. The third kappa shape index (κ3) is 3.88. The first-order chi connectivity index (χ1) is 15.0. The number of rotatable bonds is 5. The molecule has 1 atom stereocenters. The van der Waals surface area contributed by atoms with Crippen LogP contribution in [0.3, 0.4) is 0 Å². The third-order valence-electron chi connectivity index (χ3n) is 6.82. The average Bonchev–Trinajstić information content (AvgIpc) is 3.33. The van der Waals surface area contributed by atoms with Gasteiger partial charge in [0.1, 0.15) is 0 Å². The van der Waals surface area contributed by atoms with E-state index in [2.05, 4.69) is 15.2 Å². The molecule has 2 fully saturated rings. The topological polar surface area (TPSA) is 74.7 Å². The second-order valence-electron chi connectivity index (χ2n) is 8.77. The third-order valence-corrected chi connectivity index (χ3v) is 7.77. The SMILES string of the molecule is COc1cccc(CN2CCC3(CC2)C[C@H]3C(=O)Nc2ccc3sc(C)nc3c2)c1O. The summed E-state index contributed by atoms with van der Waals surface area (Å²) in [5.74, 6) is 0.954. The van der Waals surface area contributed by atoms with Crippen LogP contribution in [0.25, 0.3) is 10.2 Å². The van der Waals surface area contributed by atoms with Crippen molar-refractivity contribution in [2.45, 2.75) is 32.7 Å². The number of nitrogens with one attached hydrogen (secondary N) is 1. The number of ether oxygens (including phenoxy) is 1. The van der Waals surface area contributed by atoms with Gasteiger partial charge in [0.15, 0.2) is 11.5 Å². The van der Waals surface area contributed by atoms with Crippen molar-refractivity contribution in [2.75, 3.05) is 25.5 Å². The molecule has 2 N–H and O–H groups in total. The van der Waals surface area contributed by atoms with Crippen molar-refractivity contribution in [1.82, 2.24) is 9.88 Å². The molecule has 0 radical (unpaired) electrons. The number of aromatic hydroxyl groups is 1. The molecule has 1 saturated carbocycles. The highest BCUT2D eigenvalue weighted by molar-refractivity contribution is 7.18. The predicted octanol–water partition coefficient (Wildman–Crippen LogP) is 4.56. The number of carbonyl (C=O) groups is 1. The number of para-hydroxylation sites is 1. The summed E-state index contributed by atoms with van der Waals surface area (Å²) in [7, 11) is 1.57. The van der Waals surface area contributed by atoms with E-state index in [0.29, 0.717) is 12.3 Å². The lowest BCUT2D eigenvalue weighted by Crippen LogP contribution is -2.35. The molecule has 0 bridgehead atoms. The van der Waals surface area contributed by atoms with Gasteiger partial charge < -0.3 is 15.2 Å². The lowest BCUT2D eigenvalue weighted by atomic mass is 9.90. The van der Waals surface area contributed by atoms with Crippen LogP contribution in [0, 0.1) is 18.3 Å². The largest absolute Gasteiger partial charge is 0.504 e. The number of piperidine rings is 1. The van der Waals surface area contributed by atoms with Crippen molar-refractivity contribution in [1.29, 1.82) is 0 Å². The monoisotopic (exact) mass is 437 g/mol. The minimum absolute atomic E-state index is 0.0905. The number of likely N-dealkylation sites (tertiary alicyclic amines) is 1. The Balaban J connectivity index is 1.17. The number of amides is 1. The number of aryl methyl sites for hydroxylation is 1. The molecule has 162 valence electrons. The Hall–Kier alpha value is -2.64. The molecule has 1 saturated heterocycles. The van der Waals surface area contributed by atoms with E-state index < -0.39 is 0 Å².